The zero-order valence-electron chi connectivity index (χ0n) is 18.2. The van der Waals surface area contributed by atoms with Crippen LogP contribution in [0.25, 0.3) is 11.1 Å². The number of nitrogens with zero attached hydrogens (tertiary/aromatic N) is 4. The largest absolute Gasteiger partial charge is 0.482 e. The molecule has 1 aliphatic heterocycles. The van der Waals surface area contributed by atoms with Crippen molar-refractivity contribution in [3.63, 3.8) is 0 Å². The fourth-order valence-electron chi connectivity index (χ4n) is 2.02. The Labute approximate surface area is 193 Å². The lowest BCUT2D eigenvalue weighted by Gasteiger charge is -2.08. The standard InChI is InChI=1S/C18H24N4O12/c19-21-13-15(23)31-9-5-27-1-2-28-6-10-32-16(24)14(22-20)18(26)34-12-8-30-4-3-29-7-11-33-17(13)25/h1-12H2. The summed E-state index contributed by atoms with van der Waals surface area (Å²) in [6, 6.07) is 0. The summed E-state index contributed by atoms with van der Waals surface area (Å²) in [5, 5.41) is 0. The van der Waals surface area contributed by atoms with Crippen molar-refractivity contribution < 1.29 is 66.7 Å². The molecule has 0 bridgehead atoms. The van der Waals surface area contributed by atoms with Gasteiger partial charge in [0, 0.05) is 0 Å². The van der Waals surface area contributed by atoms with Crippen LogP contribution >= 0.6 is 0 Å². The first kappa shape index (κ1) is 28.5. The first-order chi connectivity index (χ1) is 16.5. The first-order valence-corrected chi connectivity index (χ1v) is 9.94. The van der Waals surface area contributed by atoms with E-state index < -0.39 is 35.3 Å². The Hall–Kier alpha value is -3.52. The smallest absolute Gasteiger partial charge is 0.454 e. The molecule has 0 atom stereocenters. The van der Waals surface area contributed by atoms with E-state index in [4.69, 9.17) is 49.0 Å². The molecule has 16 nitrogen and oxygen atoms in total. The molecular weight excluding hydrogens is 464 g/mol. The Morgan fingerprint density at radius 3 is 0.824 bits per heavy atom. The highest BCUT2D eigenvalue weighted by atomic mass is 16.6. The number of esters is 4. The van der Waals surface area contributed by atoms with Gasteiger partial charge in [-0.1, -0.05) is 0 Å². The van der Waals surface area contributed by atoms with Gasteiger partial charge in [-0.25, -0.2) is 19.2 Å². The summed E-state index contributed by atoms with van der Waals surface area (Å²) in [7, 11) is 0. The minimum Gasteiger partial charge on any atom is -0.454 e. The zero-order chi connectivity index (χ0) is 25.0. The molecule has 0 unspecified atom stereocenters. The van der Waals surface area contributed by atoms with E-state index in [1.54, 1.807) is 0 Å². The van der Waals surface area contributed by atoms with Crippen molar-refractivity contribution in [1.82, 2.24) is 0 Å². The first-order valence-electron chi connectivity index (χ1n) is 9.94. The summed E-state index contributed by atoms with van der Waals surface area (Å²) in [5.41, 5.74) is 15.8. The number of cyclic esters (lactones) is 4. The van der Waals surface area contributed by atoms with Gasteiger partial charge < -0.3 is 49.0 Å². The van der Waals surface area contributed by atoms with Crippen LogP contribution in [-0.4, -0.2) is 124 Å². The minimum absolute atomic E-state index is 0.0494. The van der Waals surface area contributed by atoms with Crippen LogP contribution in [0.3, 0.4) is 0 Å². The van der Waals surface area contributed by atoms with E-state index in [9.17, 15) is 19.2 Å². The highest BCUT2D eigenvalue weighted by Crippen LogP contribution is 1.92. The molecule has 0 N–H and O–H groups in total. The molecule has 188 valence electrons. The summed E-state index contributed by atoms with van der Waals surface area (Å²) >= 11 is 0. The lowest BCUT2D eigenvalue weighted by molar-refractivity contribution is -0.152. The van der Waals surface area contributed by atoms with Crippen molar-refractivity contribution in [2.75, 3.05) is 79.3 Å². The summed E-state index contributed by atoms with van der Waals surface area (Å²) in [6.45, 7) is -0.819. The fourth-order valence-corrected chi connectivity index (χ4v) is 2.02. The number of rotatable bonds is 0. The second-order valence-electron chi connectivity index (χ2n) is 5.89. The average Bonchev–Trinajstić information content (AvgIpc) is 2.81. The van der Waals surface area contributed by atoms with E-state index in [-0.39, 0.29) is 79.3 Å². The van der Waals surface area contributed by atoms with Gasteiger partial charge in [-0.2, -0.15) is 9.58 Å². The third-order valence-electron chi connectivity index (χ3n) is 3.56. The number of hydrogen-bond acceptors (Lipinski definition) is 12. The third-order valence-corrected chi connectivity index (χ3v) is 3.56. The van der Waals surface area contributed by atoms with Gasteiger partial charge in [-0.15, -0.1) is 0 Å². The monoisotopic (exact) mass is 488 g/mol. The zero-order valence-corrected chi connectivity index (χ0v) is 18.2. The quantitative estimate of drug-likeness (QED) is 0.151. The predicted octanol–water partition coefficient (Wildman–Crippen LogP) is -2.42. The van der Waals surface area contributed by atoms with Crippen LogP contribution in [0.4, 0.5) is 0 Å². The Kier molecular flexibility index (Phi) is 15.1. The van der Waals surface area contributed by atoms with Gasteiger partial charge in [0.2, 0.25) is 0 Å². The van der Waals surface area contributed by atoms with Crippen LogP contribution in [0.15, 0.2) is 0 Å². The number of carbonyl (C=O) groups excluding carboxylic acids is 4. The Balaban J connectivity index is 2.53. The second kappa shape index (κ2) is 18.0. The summed E-state index contributed by atoms with van der Waals surface area (Å²) in [5.74, 6) is -4.79. The predicted molar refractivity (Wildman–Crippen MR) is 104 cm³/mol. The molecule has 0 amide bonds. The average molecular weight is 488 g/mol. The molecule has 1 saturated heterocycles. The maximum Gasteiger partial charge on any atom is 0.482 e. The molecule has 0 saturated carbocycles. The fraction of sp³-hybridized carbons (Fsp3) is 0.667. The highest BCUT2D eigenvalue weighted by Gasteiger charge is 2.34. The van der Waals surface area contributed by atoms with Crippen LogP contribution in [0.1, 0.15) is 0 Å². The lowest BCUT2D eigenvalue weighted by Crippen LogP contribution is -2.31. The molecule has 1 fully saturated rings. The lowest BCUT2D eigenvalue weighted by atomic mass is 10.4. The van der Waals surface area contributed by atoms with Gasteiger partial charge in [0.1, 0.15) is 26.4 Å². The molecule has 0 aromatic rings. The van der Waals surface area contributed by atoms with E-state index in [2.05, 4.69) is 9.58 Å². The van der Waals surface area contributed by atoms with Crippen molar-refractivity contribution in [3.05, 3.63) is 11.1 Å². The van der Waals surface area contributed by atoms with Crippen molar-refractivity contribution in [2.45, 2.75) is 0 Å². The van der Waals surface area contributed by atoms with E-state index in [1.807, 2.05) is 0 Å². The molecule has 34 heavy (non-hydrogen) atoms. The topological polar surface area (TPSA) is 215 Å². The van der Waals surface area contributed by atoms with Crippen molar-refractivity contribution in [1.29, 1.82) is 0 Å². The van der Waals surface area contributed by atoms with Gasteiger partial charge in [0.25, 0.3) is 0 Å². The molecule has 0 aromatic carbocycles. The van der Waals surface area contributed by atoms with Crippen LogP contribution < -0.4 is 0 Å². The number of hydrogen-bond donors (Lipinski definition) is 0. The molecule has 1 heterocycles. The summed E-state index contributed by atoms with van der Waals surface area (Å²) in [4.78, 5) is 52.3. The van der Waals surface area contributed by atoms with Gasteiger partial charge in [0.15, 0.2) is 0 Å². The van der Waals surface area contributed by atoms with Crippen molar-refractivity contribution in [2.24, 2.45) is 0 Å². The Morgan fingerprint density at radius 1 is 0.412 bits per heavy atom. The van der Waals surface area contributed by atoms with Crippen molar-refractivity contribution in [3.8, 4) is 0 Å². The van der Waals surface area contributed by atoms with E-state index in [0.29, 0.717) is 0 Å². The molecule has 0 spiro atoms. The van der Waals surface area contributed by atoms with Gasteiger partial charge in [-0.3, -0.25) is 0 Å². The Bertz CT molecular complexity index is 687. The van der Waals surface area contributed by atoms with E-state index in [1.165, 1.54) is 0 Å². The minimum atomic E-state index is -1.20. The molecular formula is C18H24N4O12. The summed E-state index contributed by atoms with van der Waals surface area (Å²) in [6.07, 6.45) is 0. The van der Waals surface area contributed by atoms with Crippen LogP contribution in [0.5, 0.6) is 0 Å². The van der Waals surface area contributed by atoms with E-state index >= 15 is 0 Å². The van der Waals surface area contributed by atoms with Gasteiger partial charge in [-0.05, 0) is 0 Å². The third kappa shape index (κ3) is 11.9. The number of carbonyl (C=O) groups is 4. The molecule has 0 aromatic heterocycles. The van der Waals surface area contributed by atoms with Crippen LogP contribution in [-0.2, 0) is 57.1 Å². The molecule has 0 radical (unpaired) electrons. The summed E-state index contributed by atoms with van der Waals surface area (Å²) < 4.78 is 39.5. The maximum absolute atomic E-state index is 11.8. The second-order valence-corrected chi connectivity index (χ2v) is 5.89. The van der Waals surface area contributed by atoms with Gasteiger partial charge >= 0.3 is 35.3 Å². The molecule has 1 aliphatic rings. The normalized spacial score (nSPS) is 20.1. The molecule has 0 aliphatic carbocycles. The SMILES string of the molecule is [N-]=[N+]=C1C(=O)OCCOCCOCCOC(=O)C(=[N+]=[N-])C(=O)OCCOCCOCCOC1=O. The molecule has 16 heteroatoms. The van der Waals surface area contributed by atoms with Crippen molar-refractivity contribution >= 4 is 35.3 Å². The highest BCUT2D eigenvalue weighted by molar-refractivity contribution is 6.60. The Morgan fingerprint density at radius 2 is 0.618 bits per heavy atom. The number of ether oxygens (including phenoxy) is 8. The van der Waals surface area contributed by atoms with Crippen LogP contribution in [0, 0.1) is 0 Å². The maximum atomic E-state index is 11.8. The molecule has 1 rings (SSSR count). The van der Waals surface area contributed by atoms with E-state index in [0.717, 1.165) is 0 Å². The van der Waals surface area contributed by atoms with Crippen LogP contribution in [0.2, 0.25) is 0 Å². The van der Waals surface area contributed by atoms with Gasteiger partial charge in [0.05, 0.1) is 52.9 Å².